The van der Waals surface area contributed by atoms with Gasteiger partial charge in [0.05, 0.1) is 18.3 Å². The third kappa shape index (κ3) is 3.29. The number of nitrogens with zero attached hydrogens (tertiary/aromatic N) is 3. The van der Waals surface area contributed by atoms with Crippen LogP contribution in [0.4, 0.5) is 11.6 Å². The normalized spacial score (nSPS) is 16.8. The monoisotopic (exact) mass is 360 g/mol. The summed E-state index contributed by atoms with van der Waals surface area (Å²) in [5.74, 6) is 1.90. The smallest absolute Gasteiger partial charge is 0.227 e. The van der Waals surface area contributed by atoms with Crippen LogP contribution >= 0.6 is 0 Å². The van der Waals surface area contributed by atoms with Crippen LogP contribution in [0.1, 0.15) is 6.42 Å². The molecular formula is C20H20N6O. The Balaban J connectivity index is 1.41. The molecule has 1 saturated heterocycles. The van der Waals surface area contributed by atoms with E-state index in [1.807, 2.05) is 42.6 Å². The van der Waals surface area contributed by atoms with E-state index in [1.54, 1.807) is 6.20 Å². The van der Waals surface area contributed by atoms with Crippen molar-refractivity contribution in [3.63, 3.8) is 0 Å². The van der Waals surface area contributed by atoms with Crippen LogP contribution in [0.15, 0.2) is 48.8 Å². The molecule has 3 N–H and O–H groups in total. The van der Waals surface area contributed by atoms with Crippen molar-refractivity contribution in [2.24, 2.45) is 5.92 Å². The van der Waals surface area contributed by atoms with Crippen molar-refractivity contribution < 1.29 is 4.74 Å². The molecule has 0 aliphatic carbocycles. The SMILES string of the molecule is c1cc(OCC2CCNC2)c2nc(Nc3ccc4cn[nH]c4c3)ncc2c1. The number of anilines is 2. The molecule has 1 atom stereocenters. The molecule has 2 aromatic heterocycles. The van der Waals surface area contributed by atoms with Crippen molar-refractivity contribution in [3.05, 3.63) is 48.8 Å². The number of benzene rings is 2. The van der Waals surface area contributed by atoms with Crippen molar-refractivity contribution in [3.8, 4) is 5.75 Å². The average molecular weight is 360 g/mol. The molecule has 4 aromatic rings. The highest BCUT2D eigenvalue weighted by atomic mass is 16.5. The van der Waals surface area contributed by atoms with Crippen molar-refractivity contribution in [1.82, 2.24) is 25.5 Å². The Morgan fingerprint density at radius 1 is 1.15 bits per heavy atom. The third-order valence-electron chi connectivity index (χ3n) is 4.91. The van der Waals surface area contributed by atoms with Gasteiger partial charge in [-0.25, -0.2) is 9.97 Å². The van der Waals surface area contributed by atoms with E-state index in [0.29, 0.717) is 18.5 Å². The fraction of sp³-hybridized carbons (Fsp3) is 0.250. The molecule has 136 valence electrons. The van der Waals surface area contributed by atoms with E-state index < -0.39 is 0 Å². The van der Waals surface area contributed by atoms with Gasteiger partial charge in [-0.05, 0) is 37.2 Å². The summed E-state index contributed by atoms with van der Waals surface area (Å²) in [5.41, 5.74) is 2.69. The van der Waals surface area contributed by atoms with Gasteiger partial charge >= 0.3 is 0 Å². The molecule has 1 unspecified atom stereocenters. The molecule has 2 aromatic carbocycles. The van der Waals surface area contributed by atoms with Gasteiger partial charge in [0.1, 0.15) is 11.3 Å². The highest BCUT2D eigenvalue weighted by molar-refractivity contribution is 5.86. The van der Waals surface area contributed by atoms with Gasteiger partial charge in [0.25, 0.3) is 0 Å². The molecule has 0 bridgehead atoms. The van der Waals surface area contributed by atoms with Crippen molar-refractivity contribution in [1.29, 1.82) is 0 Å². The van der Waals surface area contributed by atoms with E-state index in [1.165, 1.54) is 0 Å². The van der Waals surface area contributed by atoms with Crippen LogP contribution in [-0.2, 0) is 0 Å². The van der Waals surface area contributed by atoms with Gasteiger partial charge in [-0.15, -0.1) is 0 Å². The minimum absolute atomic E-state index is 0.542. The Bertz CT molecular complexity index is 1090. The summed E-state index contributed by atoms with van der Waals surface area (Å²) in [4.78, 5) is 9.13. The average Bonchev–Trinajstić information content (AvgIpc) is 3.37. The van der Waals surface area contributed by atoms with Crippen LogP contribution < -0.4 is 15.4 Å². The van der Waals surface area contributed by atoms with Crippen LogP contribution in [-0.4, -0.2) is 39.9 Å². The highest BCUT2D eigenvalue weighted by Crippen LogP contribution is 2.26. The lowest BCUT2D eigenvalue weighted by Gasteiger charge is -2.13. The summed E-state index contributed by atoms with van der Waals surface area (Å²) in [6.45, 7) is 2.79. The van der Waals surface area contributed by atoms with Crippen LogP contribution in [0.3, 0.4) is 0 Å². The molecule has 7 nitrogen and oxygen atoms in total. The number of nitrogens with one attached hydrogen (secondary N) is 3. The molecule has 7 heteroatoms. The van der Waals surface area contributed by atoms with Crippen LogP contribution in [0.5, 0.6) is 5.75 Å². The second-order valence-corrected chi connectivity index (χ2v) is 6.85. The number of aromatic amines is 1. The molecule has 0 spiro atoms. The molecule has 27 heavy (non-hydrogen) atoms. The number of para-hydroxylation sites is 1. The van der Waals surface area contributed by atoms with Crippen molar-refractivity contribution in [2.75, 3.05) is 25.0 Å². The number of hydrogen-bond acceptors (Lipinski definition) is 6. The Kier molecular flexibility index (Phi) is 4.06. The standard InChI is InChI=1S/C20H20N6O/c1-2-15-10-22-20(24-16-5-4-14-11-23-26-17(14)8-16)25-19(15)18(3-1)27-12-13-6-7-21-9-13/h1-5,8,10-11,13,21H,6-7,9,12H2,(H,23,26)(H,22,24,25). The first-order valence-electron chi connectivity index (χ1n) is 9.14. The number of H-pyrrole nitrogens is 1. The van der Waals surface area contributed by atoms with E-state index in [4.69, 9.17) is 9.72 Å². The molecule has 0 saturated carbocycles. The molecular weight excluding hydrogens is 340 g/mol. The van der Waals surface area contributed by atoms with Crippen LogP contribution in [0.25, 0.3) is 21.8 Å². The Labute approximate surface area is 156 Å². The number of hydrogen-bond donors (Lipinski definition) is 3. The zero-order chi connectivity index (χ0) is 18.1. The highest BCUT2D eigenvalue weighted by Gasteiger charge is 2.16. The fourth-order valence-electron chi connectivity index (χ4n) is 3.41. The second kappa shape index (κ2) is 6.85. The van der Waals surface area contributed by atoms with Gasteiger partial charge in [-0.2, -0.15) is 5.10 Å². The minimum atomic E-state index is 0.542. The Hall–Kier alpha value is -3.19. The lowest BCUT2D eigenvalue weighted by Crippen LogP contribution is -2.15. The molecule has 0 amide bonds. The predicted molar refractivity (Wildman–Crippen MR) is 105 cm³/mol. The molecule has 5 rings (SSSR count). The van der Waals surface area contributed by atoms with E-state index in [9.17, 15) is 0 Å². The number of ether oxygens (including phenoxy) is 1. The van der Waals surface area contributed by atoms with Crippen molar-refractivity contribution in [2.45, 2.75) is 6.42 Å². The van der Waals surface area contributed by atoms with E-state index in [2.05, 4.69) is 25.8 Å². The van der Waals surface area contributed by atoms with Crippen LogP contribution in [0.2, 0.25) is 0 Å². The quantitative estimate of drug-likeness (QED) is 0.506. The summed E-state index contributed by atoms with van der Waals surface area (Å²) >= 11 is 0. The minimum Gasteiger partial charge on any atom is -0.491 e. The number of aromatic nitrogens is 4. The van der Waals surface area contributed by atoms with Gasteiger partial charge in [-0.3, -0.25) is 5.10 Å². The maximum Gasteiger partial charge on any atom is 0.227 e. The molecule has 0 radical (unpaired) electrons. The van der Waals surface area contributed by atoms with Gasteiger partial charge in [0.15, 0.2) is 0 Å². The van der Waals surface area contributed by atoms with Gasteiger partial charge in [0, 0.05) is 35.1 Å². The maximum atomic E-state index is 6.08. The molecule has 1 aliphatic heterocycles. The lowest BCUT2D eigenvalue weighted by molar-refractivity contribution is 0.262. The lowest BCUT2D eigenvalue weighted by atomic mass is 10.1. The predicted octanol–water partition coefficient (Wildman–Crippen LogP) is 3.24. The van der Waals surface area contributed by atoms with E-state index in [-0.39, 0.29) is 0 Å². The largest absolute Gasteiger partial charge is 0.491 e. The Morgan fingerprint density at radius 2 is 2.15 bits per heavy atom. The Morgan fingerprint density at radius 3 is 3.07 bits per heavy atom. The first-order valence-corrected chi connectivity index (χ1v) is 9.14. The van der Waals surface area contributed by atoms with Gasteiger partial charge in [-0.1, -0.05) is 12.1 Å². The summed E-state index contributed by atoms with van der Waals surface area (Å²) in [7, 11) is 0. The molecule has 1 fully saturated rings. The first-order chi connectivity index (χ1) is 13.3. The van der Waals surface area contributed by atoms with Gasteiger partial charge < -0.3 is 15.4 Å². The maximum absolute atomic E-state index is 6.08. The zero-order valence-electron chi connectivity index (χ0n) is 14.8. The van der Waals surface area contributed by atoms with E-state index in [0.717, 1.165) is 52.8 Å². The second-order valence-electron chi connectivity index (χ2n) is 6.85. The first kappa shape index (κ1) is 16.0. The number of fused-ring (bicyclic) bond motifs is 2. The van der Waals surface area contributed by atoms with E-state index >= 15 is 0 Å². The summed E-state index contributed by atoms with van der Waals surface area (Å²) < 4.78 is 6.08. The summed E-state index contributed by atoms with van der Waals surface area (Å²) in [5, 5.41) is 15.7. The zero-order valence-corrected chi connectivity index (χ0v) is 14.8. The molecule has 3 heterocycles. The fourth-order valence-corrected chi connectivity index (χ4v) is 3.41. The number of rotatable bonds is 5. The topological polar surface area (TPSA) is 87.8 Å². The summed E-state index contributed by atoms with van der Waals surface area (Å²) in [6, 6.07) is 11.9. The van der Waals surface area contributed by atoms with Crippen molar-refractivity contribution >= 4 is 33.4 Å². The van der Waals surface area contributed by atoms with Gasteiger partial charge in [0.2, 0.25) is 5.95 Å². The van der Waals surface area contributed by atoms with Crippen LogP contribution in [0, 0.1) is 5.92 Å². The molecule has 1 aliphatic rings. The summed E-state index contributed by atoms with van der Waals surface area (Å²) in [6.07, 6.45) is 4.78. The third-order valence-corrected chi connectivity index (χ3v) is 4.91.